The van der Waals surface area contributed by atoms with E-state index in [-0.39, 0.29) is 17.5 Å². The summed E-state index contributed by atoms with van der Waals surface area (Å²) < 4.78 is 21.0. The number of hydrogen-bond acceptors (Lipinski definition) is 5. The second-order valence-electron chi connectivity index (χ2n) is 3.67. The molecule has 0 unspecified atom stereocenters. The molecule has 0 spiro atoms. The van der Waals surface area contributed by atoms with Crippen molar-refractivity contribution in [2.75, 3.05) is 28.4 Å². The van der Waals surface area contributed by atoms with E-state index in [1.54, 1.807) is 0 Å². The molecule has 0 aliphatic heterocycles. The summed E-state index contributed by atoms with van der Waals surface area (Å²) in [5, 5.41) is 0. The van der Waals surface area contributed by atoms with E-state index in [4.69, 9.17) is 18.9 Å². The van der Waals surface area contributed by atoms with Crippen LogP contribution in [0.2, 0.25) is 0 Å². The molecule has 5 nitrogen and oxygen atoms in total. The molecule has 0 aromatic carbocycles. The predicted molar refractivity (Wildman–Crippen MR) is 56.6 cm³/mol. The molecule has 0 amide bonds. The van der Waals surface area contributed by atoms with Gasteiger partial charge in [-0.05, 0) is 0 Å². The van der Waals surface area contributed by atoms with Gasteiger partial charge in [0.25, 0.3) is 0 Å². The molecule has 1 aliphatic carbocycles. The fourth-order valence-corrected chi connectivity index (χ4v) is 2.13. The molecule has 0 heterocycles. The summed E-state index contributed by atoms with van der Waals surface area (Å²) in [5.74, 6) is -0.818. The van der Waals surface area contributed by atoms with Crippen molar-refractivity contribution in [1.29, 1.82) is 0 Å². The Kier molecular flexibility index (Phi) is 3.93. The molecule has 0 saturated heterocycles. The zero-order chi connectivity index (χ0) is 12.3. The first-order valence-electron chi connectivity index (χ1n) is 5.03. The largest absolute Gasteiger partial charge is 0.492 e. The van der Waals surface area contributed by atoms with Crippen molar-refractivity contribution >= 4 is 5.78 Å². The molecule has 1 aliphatic rings. The summed E-state index contributed by atoms with van der Waals surface area (Å²) in [6, 6.07) is 0. The molecule has 0 radical (unpaired) electrons. The van der Waals surface area contributed by atoms with Gasteiger partial charge in [-0.3, -0.25) is 4.79 Å². The van der Waals surface area contributed by atoms with Crippen LogP contribution >= 0.6 is 0 Å². The highest BCUT2D eigenvalue weighted by atomic mass is 16.7. The summed E-state index contributed by atoms with van der Waals surface area (Å²) in [4.78, 5) is 11.8. The van der Waals surface area contributed by atoms with E-state index >= 15 is 0 Å². The van der Waals surface area contributed by atoms with E-state index in [1.807, 2.05) is 6.92 Å². The van der Waals surface area contributed by atoms with E-state index in [9.17, 15) is 4.79 Å². The van der Waals surface area contributed by atoms with Crippen LogP contribution in [-0.4, -0.2) is 40.0 Å². The lowest BCUT2D eigenvalue weighted by atomic mass is 9.86. The van der Waals surface area contributed by atoms with E-state index < -0.39 is 5.79 Å². The second kappa shape index (κ2) is 4.84. The molecule has 1 atom stereocenters. The number of Topliss-reactive ketones (excluding diaryl/α,β-unsaturated/α-hetero) is 1. The van der Waals surface area contributed by atoms with Gasteiger partial charge in [0.15, 0.2) is 0 Å². The number of carbonyl (C=O) groups is 1. The zero-order valence-electron chi connectivity index (χ0n) is 10.3. The van der Waals surface area contributed by atoms with Crippen LogP contribution in [-0.2, 0) is 23.7 Å². The Bertz CT molecular complexity index is 303. The quantitative estimate of drug-likeness (QED) is 0.677. The molecular formula is C11H18O5. The van der Waals surface area contributed by atoms with Gasteiger partial charge in [-0.1, -0.05) is 6.92 Å². The topological polar surface area (TPSA) is 54.0 Å². The van der Waals surface area contributed by atoms with Crippen LogP contribution in [0.3, 0.4) is 0 Å². The SMILES string of the molecule is COC1=C(OC)C(OC)(OC)[C@@H](C)CC1=O. The second-order valence-corrected chi connectivity index (χ2v) is 3.67. The van der Waals surface area contributed by atoms with Gasteiger partial charge < -0.3 is 18.9 Å². The van der Waals surface area contributed by atoms with Gasteiger partial charge in [0, 0.05) is 26.6 Å². The van der Waals surface area contributed by atoms with Crippen molar-refractivity contribution in [2.45, 2.75) is 19.1 Å². The van der Waals surface area contributed by atoms with Crippen LogP contribution in [0.1, 0.15) is 13.3 Å². The van der Waals surface area contributed by atoms with Crippen LogP contribution in [0.5, 0.6) is 0 Å². The summed E-state index contributed by atoms with van der Waals surface area (Å²) in [5.41, 5.74) is 0. The van der Waals surface area contributed by atoms with Gasteiger partial charge in [-0.15, -0.1) is 0 Å². The van der Waals surface area contributed by atoms with Crippen molar-refractivity contribution in [3.05, 3.63) is 11.5 Å². The van der Waals surface area contributed by atoms with Gasteiger partial charge in [0.2, 0.25) is 23.1 Å². The zero-order valence-corrected chi connectivity index (χ0v) is 10.3. The lowest BCUT2D eigenvalue weighted by Gasteiger charge is -2.40. The van der Waals surface area contributed by atoms with Crippen LogP contribution in [0.25, 0.3) is 0 Å². The van der Waals surface area contributed by atoms with Gasteiger partial charge in [0.05, 0.1) is 14.2 Å². The smallest absolute Gasteiger partial charge is 0.234 e. The van der Waals surface area contributed by atoms with Gasteiger partial charge in [-0.2, -0.15) is 0 Å². The highest BCUT2D eigenvalue weighted by Crippen LogP contribution is 2.40. The first-order valence-corrected chi connectivity index (χ1v) is 5.03. The average molecular weight is 230 g/mol. The number of hydrogen-bond donors (Lipinski definition) is 0. The summed E-state index contributed by atoms with van der Waals surface area (Å²) in [6.07, 6.45) is 0.303. The van der Waals surface area contributed by atoms with Crippen LogP contribution in [0, 0.1) is 5.92 Å². The molecule has 0 bridgehead atoms. The molecule has 1 rings (SSSR count). The van der Waals surface area contributed by atoms with E-state index in [0.29, 0.717) is 12.2 Å². The number of methoxy groups -OCH3 is 4. The maximum absolute atomic E-state index is 11.8. The Balaban J connectivity index is 3.34. The van der Waals surface area contributed by atoms with Crippen molar-refractivity contribution in [3.8, 4) is 0 Å². The number of allylic oxidation sites excluding steroid dienone is 1. The fourth-order valence-electron chi connectivity index (χ4n) is 2.13. The lowest BCUT2D eigenvalue weighted by Crippen LogP contribution is -2.48. The average Bonchev–Trinajstić information content (AvgIpc) is 2.28. The third-order valence-corrected chi connectivity index (χ3v) is 2.93. The maximum atomic E-state index is 11.8. The van der Waals surface area contributed by atoms with Crippen LogP contribution < -0.4 is 0 Å². The molecule has 92 valence electrons. The maximum Gasteiger partial charge on any atom is 0.234 e. The molecule has 0 aromatic rings. The highest BCUT2D eigenvalue weighted by molar-refractivity contribution is 5.95. The Hall–Kier alpha value is -1.07. The number of carbonyl (C=O) groups excluding carboxylic acids is 1. The lowest BCUT2D eigenvalue weighted by molar-refractivity contribution is -0.236. The molecule has 0 saturated carbocycles. The van der Waals surface area contributed by atoms with E-state index in [2.05, 4.69) is 0 Å². The third-order valence-electron chi connectivity index (χ3n) is 2.93. The van der Waals surface area contributed by atoms with Crippen molar-refractivity contribution < 1.29 is 23.7 Å². The van der Waals surface area contributed by atoms with Crippen LogP contribution in [0.4, 0.5) is 0 Å². The first kappa shape index (κ1) is 13.0. The number of ether oxygens (including phenoxy) is 4. The Morgan fingerprint density at radius 1 is 1.12 bits per heavy atom. The number of rotatable bonds is 4. The molecule has 16 heavy (non-hydrogen) atoms. The van der Waals surface area contributed by atoms with E-state index in [1.165, 1.54) is 28.4 Å². The monoisotopic (exact) mass is 230 g/mol. The van der Waals surface area contributed by atoms with Crippen molar-refractivity contribution in [3.63, 3.8) is 0 Å². The Morgan fingerprint density at radius 2 is 1.69 bits per heavy atom. The standard InChI is InChI=1S/C11H18O5/c1-7-6-8(12)9(13-2)10(14-3)11(7,15-4)16-5/h7H,6H2,1-5H3/t7-/m0/s1. The summed E-state index contributed by atoms with van der Waals surface area (Å²) >= 11 is 0. The summed E-state index contributed by atoms with van der Waals surface area (Å²) in [7, 11) is 5.93. The minimum atomic E-state index is -1.05. The minimum absolute atomic E-state index is 0.100. The van der Waals surface area contributed by atoms with Gasteiger partial charge >= 0.3 is 0 Å². The highest BCUT2D eigenvalue weighted by Gasteiger charge is 2.50. The molecule has 0 fully saturated rings. The van der Waals surface area contributed by atoms with Gasteiger partial charge in [0.1, 0.15) is 0 Å². The molecule has 5 heteroatoms. The third kappa shape index (κ3) is 1.70. The van der Waals surface area contributed by atoms with Crippen molar-refractivity contribution in [1.82, 2.24) is 0 Å². The summed E-state index contributed by atoms with van der Waals surface area (Å²) in [6.45, 7) is 1.87. The predicted octanol–water partition coefficient (Wildman–Crippen LogP) is 1.09. The molecule has 0 N–H and O–H groups in total. The minimum Gasteiger partial charge on any atom is -0.492 e. The molecule has 0 aromatic heterocycles. The normalized spacial score (nSPS) is 24.6. The van der Waals surface area contributed by atoms with E-state index in [0.717, 1.165) is 0 Å². The molecular weight excluding hydrogens is 212 g/mol. The fraction of sp³-hybridized carbons (Fsp3) is 0.727. The first-order chi connectivity index (χ1) is 7.57. The van der Waals surface area contributed by atoms with Crippen molar-refractivity contribution in [2.24, 2.45) is 5.92 Å². The van der Waals surface area contributed by atoms with Gasteiger partial charge in [-0.25, -0.2) is 0 Å². The van der Waals surface area contributed by atoms with Crippen LogP contribution in [0.15, 0.2) is 11.5 Å². The Morgan fingerprint density at radius 3 is 2.06 bits per heavy atom. The Labute approximate surface area is 95.3 Å². The number of ketones is 1.